The molecule has 2 aromatic carbocycles. The fourth-order valence-corrected chi connectivity index (χ4v) is 6.35. The van der Waals surface area contributed by atoms with Crippen molar-refractivity contribution in [1.82, 2.24) is 10.6 Å². The van der Waals surface area contributed by atoms with Crippen molar-refractivity contribution < 1.29 is 73.8 Å². The first-order valence-corrected chi connectivity index (χ1v) is 17.1. The van der Waals surface area contributed by atoms with Gasteiger partial charge >= 0.3 is 12.2 Å². The summed E-state index contributed by atoms with van der Waals surface area (Å²) in [5.74, 6) is 0. The Morgan fingerprint density at radius 3 is 1.83 bits per heavy atom. The molecule has 1 aliphatic carbocycles. The summed E-state index contributed by atoms with van der Waals surface area (Å²) in [4.78, 5) is 25.3. The van der Waals surface area contributed by atoms with Crippen LogP contribution in [0.15, 0.2) is 60.7 Å². The minimum atomic E-state index is -1.90. The first-order valence-electron chi connectivity index (χ1n) is 17.1. The molecule has 1 saturated carbocycles. The number of aliphatic hydroxyl groups excluding tert-OH is 7. The van der Waals surface area contributed by atoms with E-state index in [0.29, 0.717) is 5.56 Å². The Hall–Kier alpha value is -3.54. The van der Waals surface area contributed by atoms with Gasteiger partial charge in [-0.25, -0.2) is 9.59 Å². The predicted molar refractivity (Wildman–Crippen MR) is 179 cm³/mol. The molecular formula is C34H48N4O15. The van der Waals surface area contributed by atoms with Crippen LogP contribution >= 0.6 is 0 Å². The molecule has 0 bridgehead atoms. The fourth-order valence-electron chi connectivity index (χ4n) is 6.35. The number of hydrogen-bond donors (Lipinski definition) is 11. The number of nitrogens with one attached hydrogen (secondary N) is 2. The Kier molecular flexibility index (Phi) is 14.3. The van der Waals surface area contributed by atoms with Gasteiger partial charge in [-0.2, -0.15) is 0 Å². The Balaban J connectivity index is 1.29. The molecule has 2 amide bonds. The lowest BCUT2D eigenvalue weighted by Gasteiger charge is -2.48. The van der Waals surface area contributed by atoms with E-state index in [1.54, 1.807) is 60.7 Å². The zero-order valence-electron chi connectivity index (χ0n) is 28.5. The Bertz CT molecular complexity index is 1450. The maximum absolute atomic E-state index is 13.0. The quantitative estimate of drug-likeness (QED) is 0.101. The highest BCUT2D eigenvalue weighted by molar-refractivity contribution is 5.68. The topological polar surface area (TPSA) is 307 Å². The van der Waals surface area contributed by atoms with Gasteiger partial charge in [0, 0.05) is 12.6 Å². The lowest BCUT2D eigenvalue weighted by Crippen LogP contribution is -2.69. The van der Waals surface area contributed by atoms with Gasteiger partial charge in [0.2, 0.25) is 0 Å². The van der Waals surface area contributed by atoms with Gasteiger partial charge in [0.05, 0.1) is 18.7 Å². The van der Waals surface area contributed by atoms with Crippen LogP contribution in [0, 0.1) is 0 Å². The SMILES string of the molecule is N[C@@H]1CC(NC(=O)OCc2ccccc2)[C@H](O[C@@H]2OC(CNC(=O)OCc3ccccc3)[C@H](O)[C@H](O)C2O)[C@H](O)C1OC1O[C@@H](CO)C(O)[C@H](N)[C@H]1O. The van der Waals surface area contributed by atoms with Gasteiger partial charge in [-0.3, -0.25) is 0 Å². The van der Waals surface area contributed by atoms with E-state index in [0.717, 1.165) is 5.56 Å². The van der Waals surface area contributed by atoms with E-state index < -0.39 is 117 Å². The summed E-state index contributed by atoms with van der Waals surface area (Å²) in [5.41, 5.74) is 13.7. The average molecular weight is 753 g/mol. The highest BCUT2D eigenvalue weighted by Gasteiger charge is 2.52. The van der Waals surface area contributed by atoms with Crippen LogP contribution in [0.5, 0.6) is 0 Å². The van der Waals surface area contributed by atoms with Crippen molar-refractivity contribution in [3.05, 3.63) is 71.8 Å². The summed E-state index contributed by atoms with van der Waals surface area (Å²) in [5, 5.41) is 79.6. The Morgan fingerprint density at radius 1 is 0.679 bits per heavy atom. The molecule has 0 spiro atoms. The molecular weight excluding hydrogens is 704 g/mol. The number of nitrogens with two attached hydrogens (primary N) is 2. The van der Waals surface area contributed by atoms with Crippen LogP contribution in [-0.2, 0) is 41.6 Å². The highest BCUT2D eigenvalue weighted by Crippen LogP contribution is 2.32. The lowest BCUT2D eigenvalue weighted by molar-refractivity contribution is -0.333. The highest BCUT2D eigenvalue weighted by atomic mass is 16.7. The second kappa shape index (κ2) is 18.7. The predicted octanol–water partition coefficient (Wildman–Crippen LogP) is -3.36. The van der Waals surface area contributed by atoms with E-state index in [4.69, 9.17) is 39.9 Å². The molecule has 294 valence electrons. The number of benzene rings is 2. The third kappa shape index (κ3) is 10.2. The van der Waals surface area contributed by atoms with Crippen molar-refractivity contribution in [1.29, 1.82) is 0 Å². The number of alkyl carbamates (subject to hydrolysis) is 2. The zero-order chi connectivity index (χ0) is 38.2. The number of carbonyl (C=O) groups is 2. The first kappa shape index (κ1) is 40.6. The number of carbonyl (C=O) groups excluding carboxylic acids is 2. The molecule has 2 saturated heterocycles. The van der Waals surface area contributed by atoms with Crippen molar-refractivity contribution in [2.45, 2.75) is 111 Å². The van der Waals surface area contributed by atoms with Crippen LogP contribution in [0.3, 0.4) is 0 Å². The Labute approximate surface area is 304 Å². The molecule has 13 N–H and O–H groups in total. The van der Waals surface area contributed by atoms with Crippen molar-refractivity contribution in [2.75, 3.05) is 13.2 Å². The molecule has 0 radical (unpaired) electrons. The number of amides is 2. The third-order valence-electron chi connectivity index (χ3n) is 9.38. The van der Waals surface area contributed by atoms with Crippen LogP contribution in [-0.4, -0.2) is 153 Å². The van der Waals surface area contributed by atoms with Crippen molar-refractivity contribution in [2.24, 2.45) is 11.5 Å². The maximum Gasteiger partial charge on any atom is 0.407 e. The van der Waals surface area contributed by atoms with E-state index >= 15 is 0 Å². The second-order valence-electron chi connectivity index (χ2n) is 13.1. The second-order valence-corrected chi connectivity index (χ2v) is 13.1. The molecule has 3 aliphatic rings. The lowest BCUT2D eigenvalue weighted by atomic mass is 9.83. The molecule has 3 fully saturated rings. The molecule has 2 aliphatic heterocycles. The largest absolute Gasteiger partial charge is 0.445 e. The number of hydrogen-bond acceptors (Lipinski definition) is 17. The van der Waals surface area contributed by atoms with Crippen molar-refractivity contribution in [3.63, 3.8) is 0 Å². The van der Waals surface area contributed by atoms with Crippen LogP contribution < -0.4 is 22.1 Å². The number of aliphatic hydroxyl groups is 7. The monoisotopic (exact) mass is 752 g/mol. The van der Waals surface area contributed by atoms with Gasteiger partial charge in [-0.15, -0.1) is 0 Å². The van der Waals surface area contributed by atoms with Gasteiger partial charge in [-0.05, 0) is 17.5 Å². The standard InChI is InChI=1S/C34H48N4O15/c35-18-11-19(38-34(47)49-15-17-9-5-2-6-10-17)30(28(45)29(18)52-31-25(42)22(36)23(40)21(13-39)51-31)53-32-27(44)26(43)24(41)20(50-32)12-37-33(46)48-14-16-7-3-1-4-8-16/h1-10,18-32,39-45H,11-15,35-36H2,(H,37,46)(H,38,47)/t18-,19?,20?,21+,22+,23?,24+,25-,26+,27?,28-,29?,30+,31?,32+/m1/s1. The fraction of sp³-hybridized carbons (Fsp3) is 0.588. The van der Waals surface area contributed by atoms with Crippen molar-refractivity contribution >= 4 is 12.2 Å². The smallest absolute Gasteiger partial charge is 0.407 e. The summed E-state index contributed by atoms with van der Waals surface area (Å²) < 4.78 is 33.7. The summed E-state index contributed by atoms with van der Waals surface area (Å²) in [6.07, 6.45) is -21.1. The van der Waals surface area contributed by atoms with E-state index in [1.165, 1.54) is 0 Å². The molecule has 2 heterocycles. The summed E-state index contributed by atoms with van der Waals surface area (Å²) in [6, 6.07) is 14.1. The van der Waals surface area contributed by atoms with Crippen LogP contribution in [0.4, 0.5) is 9.59 Å². The maximum atomic E-state index is 13.0. The van der Waals surface area contributed by atoms with Crippen LogP contribution in [0.1, 0.15) is 17.5 Å². The number of rotatable bonds is 12. The van der Waals surface area contributed by atoms with Gasteiger partial charge < -0.3 is 86.3 Å². The first-order chi connectivity index (χ1) is 25.4. The third-order valence-corrected chi connectivity index (χ3v) is 9.38. The molecule has 2 aromatic rings. The van der Waals surface area contributed by atoms with E-state index in [-0.39, 0.29) is 19.6 Å². The minimum absolute atomic E-state index is 0.0446. The molecule has 53 heavy (non-hydrogen) atoms. The molecule has 19 nitrogen and oxygen atoms in total. The van der Waals surface area contributed by atoms with Crippen LogP contribution in [0.2, 0.25) is 0 Å². The molecule has 15 atom stereocenters. The normalized spacial score (nSPS) is 37.3. The van der Waals surface area contributed by atoms with Gasteiger partial charge in [-0.1, -0.05) is 60.7 Å². The van der Waals surface area contributed by atoms with E-state index in [2.05, 4.69) is 10.6 Å². The molecule has 6 unspecified atom stereocenters. The summed E-state index contributed by atoms with van der Waals surface area (Å²) in [7, 11) is 0. The molecule has 19 heteroatoms. The van der Waals surface area contributed by atoms with E-state index in [1.807, 2.05) is 0 Å². The van der Waals surface area contributed by atoms with Crippen LogP contribution in [0.25, 0.3) is 0 Å². The molecule has 5 rings (SSSR count). The van der Waals surface area contributed by atoms with Crippen molar-refractivity contribution in [3.8, 4) is 0 Å². The molecule has 0 aromatic heterocycles. The summed E-state index contributed by atoms with van der Waals surface area (Å²) >= 11 is 0. The summed E-state index contributed by atoms with van der Waals surface area (Å²) in [6.45, 7) is -1.21. The van der Waals surface area contributed by atoms with E-state index in [9.17, 15) is 45.3 Å². The zero-order valence-corrected chi connectivity index (χ0v) is 28.5. The minimum Gasteiger partial charge on any atom is -0.445 e. The number of ether oxygens (including phenoxy) is 6. The Morgan fingerprint density at radius 2 is 1.23 bits per heavy atom. The average Bonchev–Trinajstić information content (AvgIpc) is 3.16. The van der Waals surface area contributed by atoms with Gasteiger partial charge in [0.15, 0.2) is 12.6 Å². The van der Waals surface area contributed by atoms with Gasteiger partial charge in [0.1, 0.15) is 74.3 Å². The van der Waals surface area contributed by atoms with Gasteiger partial charge in [0.25, 0.3) is 0 Å².